The SMILES string of the molecule is CNc1ccccc1.CNc1ccccc1OC. The average Bonchev–Trinajstić information content (AvgIpc) is 2.48. The highest BCUT2D eigenvalue weighted by atomic mass is 16.5. The Morgan fingerprint density at radius 3 is 1.83 bits per heavy atom. The van der Waals surface area contributed by atoms with Crippen LogP contribution in [0.15, 0.2) is 54.6 Å². The zero-order valence-corrected chi connectivity index (χ0v) is 11.1. The molecule has 0 unspecified atom stereocenters. The summed E-state index contributed by atoms with van der Waals surface area (Å²) >= 11 is 0. The minimum absolute atomic E-state index is 0.880. The van der Waals surface area contributed by atoms with Crippen molar-refractivity contribution in [3.05, 3.63) is 54.6 Å². The van der Waals surface area contributed by atoms with Gasteiger partial charge in [-0.3, -0.25) is 0 Å². The first-order chi connectivity index (χ1) is 8.81. The Labute approximate surface area is 109 Å². The third-order valence-electron chi connectivity index (χ3n) is 2.44. The molecule has 0 fully saturated rings. The van der Waals surface area contributed by atoms with E-state index in [1.807, 2.05) is 68.7 Å². The molecule has 96 valence electrons. The van der Waals surface area contributed by atoms with Gasteiger partial charge in [0.2, 0.25) is 0 Å². The van der Waals surface area contributed by atoms with Crippen molar-refractivity contribution in [3.63, 3.8) is 0 Å². The molecule has 0 saturated heterocycles. The van der Waals surface area contributed by atoms with Gasteiger partial charge in [-0.05, 0) is 24.3 Å². The highest BCUT2D eigenvalue weighted by Crippen LogP contribution is 2.21. The van der Waals surface area contributed by atoms with Crippen molar-refractivity contribution in [1.82, 2.24) is 0 Å². The van der Waals surface area contributed by atoms with E-state index < -0.39 is 0 Å². The quantitative estimate of drug-likeness (QED) is 0.867. The standard InChI is InChI=1S/C8H11NO.C7H9N/c1-9-7-5-3-4-6-8(7)10-2;1-8-7-5-3-2-4-6-7/h3-6,9H,1-2H3;2-6,8H,1H3. The van der Waals surface area contributed by atoms with E-state index in [0.29, 0.717) is 0 Å². The van der Waals surface area contributed by atoms with E-state index in [0.717, 1.165) is 17.1 Å². The summed E-state index contributed by atoms with van der Waals surface area (Å²) in [6, 6.07) is 17.9. The van der Waals surface area contributed by atoms with Crippen LogP contribution in [-0.2, 0) is 0 Å². The first-order valence-electron chi connectivity index (χ1n) is 5.85. The monoisotopic (exact) mass is 244 g/mol. The Morgan fingerprint density at radius 2 is 1.39 bits per heavy atom. The lowest BCUT2D eigenvalue weighted by Gasteiger charge is -2.05. The molecule has 2 aromatic rings. The Bertz CT molecular complexity index is 420. The molecule has 2 rings (SSSR count). The van der Waals surface area contributed by atoms with Crippen LogP contribution in [0.1, 0.15) is 0 Å². The van der Waals surface area contributed by atoms with Gasteiger partial charge in [0.05, 0.1) is 12.8 Å². The molecular weight excluding hydrogens is 224 g/mol. The summed E-state index contributed by atoms with van der Waals surface area (Å²) in [5.41, 5.74) is 2.18. The van der Waals surface area contributed by atoms with Gasteiger partial charge in [-0.2, -0.15) is 0 Å². The number of nitrogens with one attached hydrogen (secondary N) is 2. The fraction of sp³-hybridized carbons (Fsp3) is 0.200. The van der Waals surface area contributed by atoms with Gasteiger partial charge in [-0.15, -0.1) is 0 Å². The average molecular weight is 244 g/mol. The number of hydrogen-bond acceptors (Lipinski definition) is 3. The zero-order valence-electron chi connectivity index (χ0n) is 11.1. The molecule has 0 radical (unpaired) electrons. The fourth-order valence-electron chi connectivity index (χ4n) is 1.46. The van der Waals surface area contributed by atoms with Crippen LogP contribution in [0.3, 0.4) is 0 Å². The van der Waals surface area contributed by atoms with E-state index >= 15 is 0 Å². The number of ether oxygens (including phenoxy) is 1. The number of para-hydroxylation sites is 3. The molecule has 0 amide bonds. The third-order valence-corrected chi connectivity index (χ3v) is 2.44. The normalized spacial score (nSPS) is 8.83. The van der Waals surface area contributed by atoms with Gasteiger partial charge >= 0.3 is 0 Å². The number of rotatable bonds is 3. The number of anilines is 2. The number of hydrogen-bond donors (Lipinski definition) is 2. The Balaban J connectivity index is 0.000000184. The van der Waals surface area contributed by atoms with Crippen LogP contribution in [0.25, 0.3) is 0 Å². The van der Waals surface area contributed by atoms with E-state index in [2.05, 4.69) is 10.6 Å². The molecule has 3 heteroatoms. The number of benzene rings is 2. The molecule has 0 aromatic heterocycles. The molecule has 2 N–H and O–H groups in total. The van der Waals surface area contributed by atoms with E-state index in [4.69, 9.17) is 4.74 Å². The summed E-state index contributed by atoms with van der Waals surface area (Å²) in [5, 5.41) is 6.05. The van der Waals surface area contributed by atoms with E-state index in [-0.39, 0.29) is 0 Å². The van der Waals surface area contributed by atoms with Crippen LogP contribution in [0.2, 0.25) is 0 Å². The van der Waals surface area contributed by atoms with Gasteiger partial charge in [0, 0.05) is 19.8 Å². The largest absolute Gasteiger partial charge is 0.495 e. The highest BCUT2D eigenvalue weighted by Gasteiger charge is 1.95. The maximum absolute atomic E-state index is 5.07. The van der Waals surface area contributed by atoms with E-state index in [1.165, 1.54) is 0 Å². The smallest absolute Gasteiger partial charge is 0.141 e. The van der Waals surface area contributed by atoms with Crippen LogP contribution >= 0.6 is 0 Å². The van der Waals surface area contributed by atoms with Crippen molar-refractivity contribution in [3.8, 4) is 5.75 Å². The van der Waals surface area contributed by atoms with Crippen LogP contribution in [0.5, 0.6) is 5.75 Å². The summed E-state index contributed by atoms with van der Waals surface area (Å²) in [5.74, 6) is 0.880. The maximum Gasteiger partial charge on any atom is 0.141 e. The second-order valence-electron chi connectivity index (χ2n) is 3.57. The van der Waals surface area contributed by atoms with Crippen LogP contribution < -0.4 is 15.4 Å². The molecule has 3 nitrogen and oxygen atoms in total. The Morgan fingerprint density at radius 1 is 0.778 bits per heavy atom. The van der Waals surface area contributed by atoms with Crippen molar-refractivity contribution in [1.29, 1.82) is 0 Å². The molecule has 0 saturated carbocycles. The topological polar surface area (TPSA) is 33.3 Å². The summed E-state index contributed by atoms with van der Waals surface area (Å²) in [7, 11) is 5.45. The lowest BCUT2D eigenvalue weighted by atomic mass is 10.3. The van der Waals surface area contributed by atoms with E-state index in [9.17, 15) is 0 Å². The minimum atomic E-state index is 0.880. The second kappa shape index (κ2) is 8.01. The van der Waals surface area contributed by atoms with Crippen molar-refractivity contribution in [2.75, 3.05) is 31.8 Å². The molecule has 0 aliphatic rings. The molecule has 0 spiro atoms. The predicted octanol–water partition coefficient (Wildman–Crippen LogP) is 3.47. The van der Waals surface area contributed by atoms with Gasteiger partial charge in [-0.1, -0.05) is 30.3 Å². The van der Waals surface area contributed by atoms with Crippen molar-refractivity contribution < 1.29 is 4.74 Å². The minimum Gasteiger partial charge on any atom is -0.495 e. The molecule has 0 aliphatic heterocycles. The molecule has 0 heterocycles. The third kappa shape index (κ3) is 4.37. The lowest BCUT2D eigenvalue weighted by Crippen LogP contribution is -1.91. The van der Waals surface area contributed by atoms with E-state index in [1.54, 1.807) is 7.11 Å². The summed E-state index contributed by atoms with van der Waals surface area (Å²) in [4.78, 5) is 0. The Hall–Kier alpha value is -2.16. The fourth-order valence-corrected chi connectivity index (χ4v) is 1.46. The van der Waals surface area contributed by atoms with Gasteiger partial charge < -0.3 is 15.4 Å². The van der Waals surface area contributed by atoms with Crippen molar-refractivity contribution in [2.45, 2.75) is 0 Å². The maximum atomic E-state index is 5.07. The second-order valence-corrected chi connectivity index (χ2v) is 3.57. The highest BCUT2D eigenvalue weighted by molar-refractivity contribution is 5.55. The van der Waals surface area contributed by atoms with Crippen LogP contribution in [0, 0.1) is 0 Å². The first kappa shape index (κ1) is 13.9. The summed E-state index contributed by atoms with van der Waals surface area (Å²) in [6.45, 7) is 0. The molecule has 0 atom stereocenters. The van der Waals surface area contributed by atoms with Crippen molar-refractivity contribution >= 4 is 11.4 Å². The Kier molecular flexibility index (Phi) is 6.19. The predicted molar refractivity (Wildman–Crippen MR) is 78.5 cm³/mol. The molecule has 2 aromatic carbocycles. The van der Waals surface area contributed by atoms with Gasteiger partial charge in [-0.25, -0.2) is 0 Å². The lowest BCUT2D eigenvalue weighted by molar-refractivity contribution is 0.416. The zero-order chi connectivity index (χ0) is 13.2. The molecule has 18 heavy (non-hydrogen) atoms. The van der Waals surface area contributed by atoms with Gasteiger partial charge in [0.15, 0.2) is 0 Å². The van der Waals surface area contributed by atoms with Gasteiger partial charge in [0.25, 0.3) is 0 Å². The van der Waals surface area contributed by atoms with Gasteiger partial charge in [0.1, 0.15) is 5.75 Å². The van der Waals surface area contributed by atoms with Crippen LogP contribution in [-0.4, -0.2) is 21.2 Å². The number of methoxy groups -OCH3 is 1. The van der Waals surface area contributed by atoms with Crippen molar-refractivity contribution in [2.24, 2.45) is 0 Å². The molecule has 0 bridgehead atoms. The summed E-state index contributed by atoms with van der Waals surface area (Å²) in [6.07, 6.45) is 0. The summed E-state index contributed by atoms with van der Waals surface area (Å²) < 4.78 is 5.07. The van der Waals surface area contributed by atoms with Crippen LogP contribution in [0.4, 0.5) is 11.4 Å². The molecular formula is C15H20N2O. The first-order valence-corrected chi connectivity index (χ1v) is 5.85. The molecule has 0 aliphatic carbocycles.